The van der Waals surface area contributed by atoms with Gasteiger partial charge >= 0.3 is 5.69 Å². The van der Waals surface area contributed by atoms with E-state index in [-0.39, 0.29) is 11.8 Å². The number of Topliss-reactive ketones (excluding diaryl/α,β-unsaturated/α-hetero) is 1. The number of hydrogen-bond acceptors (Lipinski definition) is 5. The molecule has 0 spiro atoms. The third-order valence-corrected chi connectivity index (χ3v) is 4.22. The standard InChI is InChI=1S/C13H8F5N3O3S/c1-21-11(19)4(12(23)20-13(21)24)3(22)2-25-10-8(17)6(15)5(14)7(16)9(10)18/h2,19H2,1H3,(H,20,23,24). The molecule has 0 fully saturated rings. The number of nitrogens with one attached hydrogen (secondary N) is 1. The van der Waals surface area contributed by atoms with Crippen LogP contribution in [-0.4, -0.2) is 21.1 Å². The van der Waals surface area contributed by atoms with Crippen LogP contribution in [0.3, 0.4) is 0 Å². The Bertz CT molecular complexity index is 973. The molecule has 0 bridgehead atoms. The summed E-state index contributed by atoms with van der Waals surface area (Å²) in [6, 6.07) is 0. The van der Waals surface area contributed by atoms with Crippen LogP contribution in [0.25, 0.3) is 0 Å². The number of nitrogens with two attached hydrogens (primary N) is 1. The number of benzene rings is 1. The van der Waals surface area contributed by atoms with Crippen LogP contribution in [0.2, 0.25) is 0 Å². The fourth-order valence-electron chi connectivity index (χ4n) is 1.83. The molecule has 2 aromatic rings. The van der Waals surface area contributed by atoms with Gasteiger partial charge in [0.25, 0.3) is 5.56 Å². The van der Waals surface area contributed by atoms with Gasteiger partial charge in [-0.05, 0) is 0 Å². The largest absolute Gasteiger partial charge is 0.384 e. The van der Waals surface area contributed by atoms with Crippen molar-refractivity contribution in [3.63, 3.8) is 0 Å². The molecule has 1 aromatic carbocycles. The maximum atomic E-state index is 13.5. The van der Waals surface area contributed by atoms with Crippen LogP contribution in [0.5, 0.6) is 0 Å². The van der Waals surface area contributed by atoms with Gasteiger partial charge in [-0.2, -0.15) is 0 Å². The van der Waals surface area contributed by atoms with Gasteiger partial charge in [-0.1, -0.05) is 0 Å². The smallest absolute Gasteiger partial charge is 0.329 e. The van der Waals surface area contributed by atoms with E-state index < -0.39 is 68.1 Å². The number of thioether (sulfide) groups is 1. The molecule has 0 amide bonds. The van der Waals surface area contributed by atoms with Crippen molar-refractivity contribution < 1.29 is 26.7 Å². The Balaban J connectivity index is 2.39. The molecule has 6 nitrogen and oxygen atoms in total. The molecule has 2 rings (SSSR count). The first-order valence-electron chi connectivity index (χ1n) is 6.34. The average molecular weight is 381 g/mol. The van der Waals surface area contributed by atoms with Crippen molar-refractivity contribution in [2.45, 2.75) is 4.90 Å². The summed E-state index contributed by atoms with van der Waals surface area (Å²) in [6.07, 6.45) is 0. The summed E-state index contributed by atoms with van der Waals surface area (Å²) in [5, 5.41) is 0. The number of nitrogen functional groups attached to an aromatic ring is 1. The van der Waals surface area contributed by atoms with Crippen LogP contribution >= 0.6 is 11.8 Å². The fourth-order valence-corrected chi connectivity index (χ4v) is 2.68. The molecule has 25 heavy (non-hydrogen) atoms. The number of aromatic amines is 1. The van der Waals surface area contributed by atoms with Crippen molar-refractivity contribution in [3.8, 4) is 0 Å². The van der Waals surface area contributed by atoms with Gasteiger partial charge in [-0.3, -0.25) is 19.1 Å². The molecule has 134 valence electrons. The quantitative estimate of drug-likeness (QED) is 0.274. The maximum Gasteiger partial charge on any atom is 0.329 e. The van der Waals surface area contributed by atoms with Crippen molar-refractivity contribution in [2.24, 2.45) is 7.05 Å². The van der Waals surface area contributed by atoms with Gasteiger partial charge < -0.3 is 5.73 Å². The number of nitrogens with zero attached hydrogens (tertiary/aromatic N) is 1. The molecule has 12 heteroatoms. The van der Waals surface area contributed by atoms with Gasteiger partial charge in [-0.15, -0.1) is 11.8 Å². The summed E-state index contributed by atoms with van der Waals surface area (Å²) in [5.41, 5.74) is 2.78. The van der Waals surface area contributed by atoms with Gasteiger partial charge in [0.15, 0.2) is 29.1 Å². The van der Waals surface area contributed by atoms with Crippen LogP contribution in [0.15, 0.2) is 14.5 Å². The van der Waals surface area contributed by atoms with Crippen LogP contribution in [-0.2, 0) is 7.05 Å². The molecule has 0 saturated heterocycles. The lowest BCUT2D eigenvalue weighted by molar-refractivity contribution is 0.102. The Morgan fingerprint density at radius 3 is 2.04 bits per heavy atom. The van der Waals surface area contributed by atoms with Crippen LogP contribution < -0.4 is 17.0 Å². The number of carbonyl (C=O) groups is 1. The second kappa shape index (κ2) is 6.70. The number of ketones is 1. The topological polar surface area (TPSA) is 97.9 Å². The predicted octanol–water partition coefficient (Wildman–Crippen LogP) is 1.33. The minimum absolute atomic E-state index is 0.000822. The van der Waals surface area contributed by atoms with Crippen LogP contribution in [0.1, 0.15) is 10.4 Å². The number of carbonyl (C=O) groups excluding carboxylic acids is 1. The molecule has 0 saturated carbocycles. The fraction of sp³-hybridized carbons (Fsp3) is 0.154. The van der Waals surface area contributed by atoms with Gasteiger partial charge in [0, 0.05) is 7.05 Å². The highest BCUT2D eigenvalue weighted by molar-refractivity contribution is 8.00. The Hall–Kier alpha value is -2.63. The number of hydrogen-bond donors (Lipinski definition) is 2. The van der Waals surface area contributed by atoms with Crippen LogP contribution in [0.4, 0.5) is 27.8 Å². The summed E-state index contributed by atoms with van der Waals surface area (Å²) in [6.45, 7) is 0. The van der Waals surface area contributed by atoms with Crippen molar-refractivity contribution in [2.75, 3.05) is 11.5 Å². The summed E-state index contributed by atoms with van der Waals surface area (Å²) in [7, 11) is 1.15. The summed E-state index contributed by atoms with van der Waals surface area (Å²) in [5.74, 6) is -13.3. The van der Waals surface area contributed by atoms with Gasteiger partial charge in [0.1, 0.15) is 11.4 Å². The predicted molar refractivity (Wildman–Crippen MR) is 78.0 cm³/mol. The zero-order valence-electron chi connectivity index (χ0n) is 12.3. The third-order valence-electron chi connectivity index (χ3n) is 3.17. The van der Waals surface area contributed by atoms with E-state index in [0.29, 0.717) is 0 Å². The number of aromatic nitrogens is 2. The highest BCUT2D eigenvalue weighted by atomic mass is 32.2. The van der Waals surface area contributed by atoms with E-state index in [2.05, 4.69) is 0 Å². The zero-order chi connectivity index (χ0) is 19.0. The Labute approximate surface area is 139 Å². The molecular weight excluding hydrogens is 373 g/mol. The average Bonchev–Trinajstić information content (AvgIpc) is 2.56. The molecule has 0 aliphatic heterocycles. The van der Waals surface area contributed by atoms with Gasteiger partial charge in [0.2, 0.25) is 5.82 Å². The molecule has 0 atom stereocenters. The summed E-state index contributed by atoms with van der Waals surface area (Å²) >= 11 is -0.000822. The van der Waals surface area contributed by atoms with Crippen molar-refractivity contribution >= 4 is 23.4 Å². The van der Waals surface area contributed by atoms with E-state index in [9.17, 15) is 36.3 Å². The monoisotopic (exact) mass is 381 g/mol. The molecule has 0 unspecified atom stereocenters. The normalized spacial score (nSPS) is 11.0. The molecule has 1 heterocycles. The SMILES string of the molecule is Cn1c(N)c(C(=O)CSc2c(F)c(F)c(F)c(F)c2F)c(=O)[nH]c1=O. The highest BCUT2D eigenvalue weighted by Crippen LogP contribution is 2.31. The Morgan fingerprint density at radius 1 is 1.04 bits per heavy atom. The first kappa shape index (κ1) is 18.7. The number of anilines is 1. The third kappa shape index (κ3) is 3.16. The Kier molecular flexibility index (Phi) is 5.02. The van der Waals surface area contributed by atoms with Crippen molar-refractivity contribution in [1.82, 2.24) is 9.55 Å². The number of rotatable bonds is 4. The lowest BCUT2D eigenvalue weighted by atomic mass is 10.2. The molecule has 0 aliphatic rings. The van der Waals surface area contributed by atoms with E-state index >= 15 is 0 Å². The number of halogens is 5. The first-order chi connectivity index (χ1) is 11.6. The second-order valence-corrected chi connectivity index (χ2v) is 5.68. The van der Waals surface area contributed by atoms with E-state index in [1.807, 2.05) is 0 Å². The minimum Gasteiger partial charge on any atom is -0.384 e. The minimum atomic E-state index is -2.33. The lowest BCUT2D eigenvalue weighted by Crippen LogP contribution is -2.35. The van der Waals surface area contributed by atoms with Gasteiger partial charge in [-0.25, -0.2) is 26.7 Å². The van der Waals surface area contributed by atoms with Crippen LogP contribution in [0, 0.1) is 29.1 Å². The summed E-state index contributed by atoms with van der Waals surface area (Å²) in [4.78, 5) is 35.5. The molecule has 0 aliphatic carbocycles. The van der Waals surface area contributed by atoms with Crippen molar-refractivity contribution in [3.05, 3.63) is 55.5 Å². The Morgan fingerprint density at radius 2 is 1.52 bits per heavy atom. The van der Waals surface area contributed by atoms with E-state index in [1.54, 1.807) is 4.98 Å². The zero-order valence-corrected chi connectivity index (χ0v) is 13.1. The highest BCUT2D eigenvalue weighted by Gasteiger charge is 2.27. The lowest BCUT2D eigenvalue weighted by Gasteiger charge is -2.09. The summed E-state index contributed by atoms with van der Waals surface area (Å²) < 4.78 is 67.0. The van der Waals surface area contributed by atoms with E-state index in [4.69, 9.17) is 5.73 Å². The molecule has 3 N–H and O–H groups in total. The number of H-pyrrole nitrogens is 1. The van der Waals surface area contributed by atoms with E-state index in [1.165, 1.54) is 0 Å². The molecule has 0 radical (unpaired) electrons. The van der Waals surface area contributed by atoms with Crippen molar-refractivity contribution in [1.29, 1.82) is 0 Å². The van der Waals surface area contributed by atoms with E-state index in [0.717, 1.165) is 11.6 Å². The molecular formula is C13H8F5N3O3S. The maximum absolute atomic E-state index is 13.5. The second-order valence-electron chi connectivity index (χ2n) is 4.69. The first-order valence-corrected chi connectivity index (χ1v) is 7.32. The van der Waals surface area contributed by atoms with Gasteiger partial charge in [0.05, 0.1) is 10.6 Å². The molecule has 1 aromatic heterocycles.